The lowest BCUT2D eigenvalue weighted by molar-refractivity contribution is -0.156. The van der Waals surface area contributed by atoms with Crippen molar-refractivity contribution < 1.29 is 14.3 Å². The van der Waals surface area contributed by atoms with Crippen LogP contribution in [0.25, 0.3) is 0 Å². The van der Waals surface area contributed by atoms with Gasteiger partial charge in [-0.25, -0.2) is 0 Å². The Morgan fingerprint density at radius 2 is 1.77 bits per heavy atom. The molecule has 1 fully saturated rings. The Hall–Kier alpha value is -1.75. The third kappa shape index (κ3) is 4.63. The number of hydrogen-bond acceptors (Lipinski definition) is 5. The van der Waals surface area contributed by atoms with E-state index in [0.29, 0.717) is 6.54 Å². The van der Waals surface area contributed by atoms with Crippen molar-refractivity contribution in [2.75, 3.05) is 44.7 Å². The minimum atomic E-state index is -0.420. The first kappa shape index (κ1) is 16.6. The minimum Gasteiger partial charge on any atom is -0.495 e. The Kier molecular flexibility index (Phi) is 5.29. The second-order valence-corrected chi connectivity index (χ2v) is 6.52. The van der Waals surface area contributed by atoms with Gasteiger partial charge in [-0.1, -0.05) is 12.1 Å². The first-order valence-corrected chi connectivity index (χ1v) is 7.71. The maximum atomic E-state index is 11.9. The molecule has 0 saturated carbocycles. The van der Waals surface area contributed by atoms with Gasteiger partial charge in [0.15, 0.2) is 0 Å². The van der Waals surface area contributed by atoms with Crippen LogP contribution in [0.5, 0.6) is 5.75 Å². The summed E-state index contributed by atoms with van der Waals surface area (Å²) in [5.74, 6) is 0.737. The van der Waals surface area contributed by atoms with Gasteiger partial charge in [-0.3, -0.25) is 9.69 Å². The highest BCUT2D eigenvalue weighted by Crippen LogP contribution is 2.28. The summed E-state index contributed by atoms with van der Waals surface area (Å²) in [5.41, 5.74) is 0.693. The molecule has 0 spiro atoms. The van der Waals surface area contributed by atoms with Crippen LogP contribution < -0.4 is 9.64 Å². The highest BCUT2D eigenvalue weighted by atomic mass is 16.6. The Labute approximate surface area is 132 Å². The van der Waals surface area contributed by atoms with E-state index in [1.54, 1.807) is 7.11 Å². The topological polar surface area (TPSA) is 42.0 Å². The van der Waals surface area contributed by atoms with Gasteiger partial charge in [-0.05, 0) is 32.9 Å². The summed E-state index contributed by atoms with van der Waals surface area (Å²) in [4.78, 5) is 16.3. The summed E-state index contributed by atoms with van der Waals surface area (Å²) in [6, 6.07) is 8.04. The van der Waals surface area contributed by atoms with Crippen LogP contribution >= 0.6 is 0 Å². The number of nitrogens with zero attached hydrogens (tertiary/aromatic N) is 2. The molecule has 1 aliphatic rings. The number of carbonyl (C=O) groups excluding carboxylic acids is 1. The first-order chi connectivity index (χ1) is 10.4. The third-order valence-corrected chi connectivity index (χ3v) is 3.57. The number of esters is 1. The summed E-state index contributed by atoms with van der Waals surface area (Å²) >= 11 is 0. The standard InChI is InChI=1S/C17H26N2O3/c1-17(2,3)22-16(20)13-18-9-11-19(12-10-18)14-7-5-6-8-15(14)21-4/h5-8H,9-13H2,1-4H3. The van der Waals surface area contributed by atoms with Crippen LogP contribution in [0, 0.1) is 0 Å². The van der Waals surface area contributed by atoms with Crippen molar-refractivity contribution in [2.45, 2.75) is 26.4 Å². The monoisotopic (exact) mass is 306 g/mol. The Morgan fingerprint density at radius 3 is 2.36 bits per heavy atom. The second kappa shape index (κ2) is 7.01. The number of para-hydroxylation sites is 2. The quantitative estimate of drug-likeness (QED) is 0.798. The van der Waals surface area contributed by atoms with Crippen LogP contribution in [0.4, 0.5) is 5.69 Å². The Balaban J connectivity index is 1.87. The van der Waals surface area contributed by atoms with E-state index in [1.807, 2.05) is 39.0 Å². The summed E-state index contributed by atoms with van der Waals surface area (Å²) in [7, 11) is 1.69. The molecule has 1 heterocycles. The number of piperazine rings is 1. The lowest BCUT2D eigenvalue weighted by Gasteiger charge is -2.36. The lowest BCUT2D eigenvalue weighted by Crippen LogP contribution is -2.48. The molecule has 0 atom stereocenters. The van der Waals surface area contributed by atoms with Gasteiger partial charge in [0, 0.05) is 26.2 Å². The van der Waals surface area contributed by atoms with Gasteiger partial charge in [0.05, 0.1) is 19.3 Å². The van der Waals surface area contributed by atoms with Crippen molar-refractivity contribution in [3.05, 3.63) is 24.3 Å². The molecule has 0 N–H and O–H groups in total. The fourth-order valence-corrected chi connectivity index (χ4v) is 2.59. The molecular weight excluding hydrogens is 280 g/mol. The van der Waals surface area contributed by atoms with E-state index in [1.165, 1.54) is 0 Å². The molecule has 1 aliphatic heterocycles. The molecule has 1 saturated heterocycles. The van der Waals surface area contributed by atoms with E-state index in [-0.39, 0.29) is 5.97 Å². The van der Waals surface area contributed by atoms with Crippen molar-refractivity contribution in [2.24, 2.45) is 0 Å². The van der Waals surface area contributed by atoms with Crippen molar-refractivity contribution in [1.29, 1.82) is 0 Å². The minimum absolute atomic E-state index is 0.154. The number of benzene rings is 1. The summed E-state index contributed by atoms with van der Waals surface area (Å²) in [6.07, 6.45) is 0. The molecule has 0 bridgehead atoms. The lowest BCUT2D eigenvalue weighted by atomic mass is 10.2. The molecule has 22 heavy (non-hydrogen) atoms. The van der Waals surface area contributed by atoms with Gasteiger partial charge in [0.25, 0.3) is 0 Å². The molecule has 5 nitrogen and oxygen atoms in total. The van der Waals surface area contributed by atoms with Crippen molar-refractivity contribution >= 4 is 11.7 Å². The predicted octanol–water partition coefficient (Wildman–Crippen LogP) is 2.16. The molecule has 2 rings (SSSR count). The predicted molar refractivity (Wildman–Crippen MR) is 87.5 cm³/mol. The largest absolute Gasteiger partial charge is 0.495 e. The van der Waals surface area contributed by atoms with E-state index in [9.17, 15) is 4.79 Å². The molecule has 5 heteroatoms. The van der Waals surface area contributed by atoms with Crippen LogP contribution in [-0.2, 0) is 9.53 Å². The highest BCUT2D eigenvalue weighted by molar-refractivity contribution is 5.72. The molecule has 0 unspecified atom stereocenters. The fourth-order valence-electron chi connectivity index (χ4n) is 2.59. The zero-order chi connectivity index (χ0) is 16.2. The molecule has 122 valence electrons. The smallest absolute Gasteiger partial charge is 0.320 e. The number of rotatable bonds is 4. The number of methoxy groups -OCH3 is 1. The van der Waals surface area contributed by atoms with Crippen LogP contribution in [0.1, 0.15) is 20.8 Å². The molecule has 0 aliphatic carbocycles. The van der Waals surface area contributed by atoms with E-state index in [4.69, 9.17) is 9.47 Å². The average Bonchev–Trinajstić information content (AvgIpc) is 2.46. The number of anilines is 1. The van der Waals surface area contributed by atoms with Crippen LogP contribution in [0.3, 0.4) is 0 Å². The van der Waals surface area contributed by atoms with Gasteiger partial charge in [0.2, 0.25) is 0 Å². The second-order valence-electron chi connectivity index (χ2n) is 6.52. The van der Waals surface area contributed by atoms with E-state index in [0.717, 1.165) is 37.6 Å². The molecule has 0 amide bonds. The number of ether oxygens (including phenoxy) is 2. The maximum Gasteiger partial charge on any atom is 0.320 e. The van der Waals surface area contributed by atoms with Crippen LogP contribution in [0.15, 0.2) is 24.3 Å². The van der Waals surface area contributed by atoms with E-state index in [2.05, 4.69) is 15.9 Å². The van der Waals surface area contributed by atoms with E-state index < -0.39 is 5.60 Å². The molecule has 0 radical (unpaired) electrons. The van der Waals surface area contributed by atoms with Gasteiger partial charge in [-0.2, -0.15) is 0 Å². The van der Waals surface area contributed by atoms with Gasteiger partial charge < -0.3 is 14.4 Å². The zero-order valence-corrected chi connectivity index (χ0v) is 14.0. The van der Waals surface area contributed by atoms with Crippen LogP contribution in [0.2, 0.25) is 0 Å². The maximum absolute atomic E-state index is 11.9. The molecule has 1 aromatic rings. The fraction of sp³-hybridized carbons (Fsp3) is 0.588. The Morgan fingerprint density at radius 1 is 1.14 bits per heavy atom. The van der Waals surface area contributed by atoms with E-state index >= 15 is 0 Å². The molecule has 1 aromatic carbocycles. The van der Waals surface area contributed by atoms with Crippen molar-refractivity contribution in [3.8, 4) is 5.75 Å². The normalized spacial score (nSPS) is 16.5. The summed E-state index contributed by atoms with van der Waals surface area (Å²) in [6.45, 7) is 9.48. The first-order valence-electron chi connectivity index (χ1n) is 7.71. The number of carbonyl (C=O) groups is 1. The Bertz CT molecular complexity index is 503. The molecular formula is C17H26N2O3. The average molecular weight is 306 g/mol. The molecule has 0 aromatic heterocycles. The van der Waals surface area contributed by atoms with Crippen molar-refractivity contribution in [3.63, 3.8) is 0 Å². The van der Waals surface area contributed by atoms with Crippen LogP contribution in [-0.4, -0.2) is 56.3 Å². The zero-order valence-electron chi connectivity index (χ0n) is 14.0. The van der Waals surface area contributed by atoms with Crippen molar-refractivity contribution in [1.82, 2.24) is 4.90 Å². The SMILES string of the molecule is COc1ccccc1N1CCN(CC(=O)OC(C)(C)C)CC1. The van der Waals surface area contributed by atoms with Gasteiger partial charge in [-0.15, -0.1) is 0 Å². The summed E-state index contributed by atoms with van der Waals surface area (Å²) < 4.78 is 10.8. The van der Waals surface area contributed by atoms with Gasteiger partial charge >= 0.3 is 5.97 Å². The number of hydrogen-bond donors (Lipinski definition) is 0. The highest BCUT2D eigenvalue weighted by Gasteiger charge is 2.23. The van der Waals surface area contributed by atoms with Gasteiger partial charge in [0.1, 0.15) is 11.4 Å². The summed E-state index contributed by atoms with van der Waals surface area (Å²) in [5, 5.41) is 0. The third-order valence-electron chi connectivity index (χ3n) is 3.57.